The number of nitrogens with zero attached hydrogens (tertiary/aromatic N) is 5. The number of fused-ring (bicyclic) bond motifs is 1. The van der Waals surface area contributed by atoms with Gasteiger partial charge in [0, 0.05) is 37.1 Å². The van der Waals surface area contributed by atoms with Crippen molar-refractivity contribution in [3.63, 3.8) is 0 Å². The predicted octanol–water partition coefficient (Wildman–Crippen LogP) is 3.82. The van der Waals surface area contributed by atoms with Crippen molar-refractivity contribution >= 4 is 23.4 Å². The van der Waals surface area contributed by atoms with Gasteiger partial charge in [0.25, 0.3) is 0 Å². The highest BCUT2D eigenvalue weighted by atomic mass is 19.4. The van der Waals surface area contributed by atoms with Gasteiger partial charge in [0.05, 0.1) is 24.1 Å². The first-order valence-electron chi connectivity index (χ1n) is 9.57. The summed E-state index contributed by atoms with van der Waals surface area (Å²) in [7, 11) is 1.44. The first-order chi connectivity index (χ1) is 15.3. The van der Waals surface area contributed by atoms with Gasteiger partial charge in [0.1, 0.15) is 12.1 Å². The summed E-state index contributed by atoms with van der Waals surface area (Å²) >= 11 is 0. The number of carbonyl (C=O) groups is 1. The van der Waals surface area contributed by atoms with Crippen LogP contribution in [0.2, 0.25) is 0 Å². The van der Waals surface area contributed by atoms with Crippen molar-refractivity contribution in [2.45, 2.75) is 12.6 Å². The van der Waals surface area contributed by atoms with Crippen LogP contribution in [0.1, 0.15) is 12.0 Å². The predicted molar refractivity (Wildman–Crippen MR) is 111 cm³/mol. The molecule has 0 aliphatic carbocycles. The topological polar surface area (TPSA) is 105 Å². The highest BCUT2D eigenvalue weighted by molar-refractivity contribution is 6.02. The lowest BCUT2D eigenvalue weighted by atomic mass is 10.1. The maximum absolute atomic E-state index is 13.1. The van der Waals surface area contributed by atoms with Crippen LogP contribution in [-0.2, 0) is 6.18 Å². The Bertz CT molecular complexity index is 1140. The fourth-order valence-corrected chi connectivity index (χ4v) is 3.15. The van der Waals surface area contributed by atoms with Crippen LogP contribution in [-0.4, -0.2) is 46.2 Å². The molecule has 0 saturated heterocycles. The molecule has 12 heteroatoms. The number of aromatic nitrogens is 4. The lowest BCUT2D eigenvalue weighted by Gasteiger charge is -2.22. The second-order valence-electron chi connectivity index (χ2n) is 6.84. The number of ether oxygens (including phenoxy) is 1. The number of pyridine rings is 2. The van der Waals surface area contributed by atoms with E-state index >= 15 is 0 Å². The Kier molecular flexibility index (Phi) is 5.75. The number of hydrogen-bond acceptors (Lipinski definition) is 7. The van der Waals surface area contributed by atoms with Gasteiger partial charge in [0.15, 0.2) is 5.82 Å². The highest BCUT2D eigenvalue weighted by Gasteiger charge is 2.31. The molecule has 4 heterocycles. The smallest absolute Gasteiger partial charge is 0.417 e. The minimum atomic E-state index is -4.53. The number of urea groups is 1. The van der Waals surface area contributed by atoms with Gasteiger partial charge < -0.3 is 10.1 Å². The van der Waals surface area contributed by atoms with Crippen molar-refractivity contribution in [1.29, 1.82) is 0 Å². The minimum absolute atomic E-state index is 0.188. The number of hydrogen-bond donors (Lipinski definition) is 2. The van der Waals surface area contributed by atoms with Crippen LogP contribution in [0.4, 0.5) is 35.3 Å². The molecule has 1 aliphatic heterocycles. The van der Waals surface area contributed by atoms with Gasteiger partial charge in [-0.1, -0.05) is 0 Å². The summed E-state index contributed by atoms with van der Waals surface area (Å²) in [5.41, 5.74) is 0.152. The minimum Gasteiger partial charge on any atom is -0.481 e. The van der Waals surface area contributed by atoms with Crippen molar-refractivity contribution < 1.29 is 22.7 Å². The summed E-state index contributed by atoms with van der Waals surface area (Å²) in [5, 5.41) is 5.85. The van der Waals surface area contributed by atoms with Gasteiger partial charge in [-0.3, -0.25) is 15.2 Å². The molecule has 166 valence electrons. The Morgan fingerprint density at radius 3 is 2.84 bits per heavy atom. The van der Waals surface area contributed by atoms with E-state index in [1.807, 2.05) is 0 Å². The van der Waals surface area contributed by atoms with Crippen LogP contribution in [0.5, 0.6) is 5.88 Å². The molecule has 0 saturated carbocycles. The third-order valence-electron chi connectivity index (χ3n) is 4.70. The van der Waals surface area contributed by atoms with E-state index in [0.717, 1.165) is 12.3 Å². The zero-order valence-corrected chi connectivity index (χ0v) is 16.8. The van der Waals surface area contributed by atoms with Crippen molar-refractivity contribution in [2.24, 2.45) is 0 Å². The molecular weight excluding hydrogens is 427 g/mol. The van der Waals surface area contributed by atoms with Crippen molar-refractivity contribution in [3.8, 4) is 17.1 Å². The number of methoxy groups -OCH3 is 1. The van der Waals surface area contributed by atoms with Crippen LogP contribution in [0.3, 0.4) is 0 Å². The Hall–Kier alpha value is -3.96. The standard InChI is InChI=1S/C20H18F3N7O2/c1-32-17-8-16(26-11-27-17)29-19(31)30-6-2-5-25-15-4-3-14(28-18(15)30)12-7-13(10-24-9-12)20(21,22)23/h3-4,7-11,25H,2,5-6H2,1H3,(H,26,27,29,31). The van der Waals surface area contributed by atoms with E-state index < -0.39 is 17.8 Å². The van der Waals surface area contributed by atoms with E-state index in [-0.39, 0.29) is 28.8 Å². The average molecular weight is 445 g/mol. The number of carbonyl (C=O) groups excluding carboxylic acids is 1. The lowest BCUT2D eigenvalue weighted by molar-refractivity contribution is -0.137. The third kappa shape index (κ3) is 4.53. The van der Waals surface area contributed by atoms with E-state index in [1.165, 1.54) is 30.6 Å². The van der Waals surface area contributed by atoms with E-state index in [2.05, 4.69) is 30.6 Å². The van der Waals surface area contributed by atoms with Crippen LogP contribution in [0, 0.1) is 0 Å². The monoisotopic (exact) mass is 445 g/mol. The largest absolute Gasteiger partial charge is 0.481 e. The zero-order valence-electron chi connectivity index (χ0n) is 16.8. The summed E-state index contributed by atoms with van der Waals surface area (Å²) in [6.45, 7) is 0.940. The van der Waals surface area contributed by atoms with Gasteiger partial charge in [-0.25, -0.2) is 19.7 Å². The number of rotatable bonds is 3. The quantitative estimate of drug-likeness (QED) is 0.632. The van der Waals surface area contributed by atoms with E-state index in [4.69, 9.17) is 4.74 Å². The lowest BCUT2D eigenvalue weighted by Crippen LogP contribution is -2.36. The fraction of sp³-hybridized carbons (Fsp3) is 0.250. The van der Waals surface area contributed by atoms with E-state index in [9.17, 15) is 18.0 Å². The summed E-state index contributed by atoms with van der Waals surface area (Å²) in [6.07, 6.45) is -0.586. The van der Waals surface area contributed by atoms with Gasteiger partial charge >= 0.3 is 12.2 Å². The molecule has 0 aromatic carbocycles. The molecule has 4 rings (SSSR count). The second-order valence-corrected chi connectivity index (χ2v) is 6.84. The van der Waals surface area contributed by atoms with Crippen LogP contribution >= 0.6 is 0 Å². The van der Waals surface area contributed by atoms with Gasteiger partial charge in [-0.15, -0.1) is 0 Å². The normalized spacial score (nSPS) is 13.6. The van der Waals surface area contributed by atoms with Gasteiger partial charge in [-0.05, 0) is 24.6 Å². The Morgan fingerprint density at radius 1 is 1.22 bits per heavy atom. The maximum atomic E-state index is 13.1. The molecule has 0 spiro atoms. The number of halogens is 3. The number of amides is 2. The SMILES string of the molecule is COc1cc(NC(=O)N2CCCNc3ccc(-c4cncc(C(F)(F)F)c4)nc32)ncn1. The summed E-state index contributed by atoms with van der Waals surface area (Å²) in [4.78, 5) is 30.5. The first-order valence-corrected chi connectivity index (χ1v) is 9.57. The number of nitrogens with one attached hydrogen (secondary N) is 2. The first kappa shape index (κ1) is 21.3. The third-order valence-corrected chi connectivity index (χ3v) is 4.70. The molecule has 32 heavy (non-hydrogen) atoms. The van der Waals surface area contributed by atoms with Gasteiger partial charge in [0.2, 0.25) is 5.88 Å². The molecule has 0 radical (unpaired) electrons. The van der Waals surface area contributed by atoms with Crippen LogP contribution in [0.15, 0.2) is 43.0 Å². The number of anilines is 3. The Labute approximate surface area is 180 Å². The second kappa shape index (κ2) is 8.65. The molecule has 2 N–H and O–H groups in total. The molecule has 3 aromatic rings. The molecular formula is C20H18F3N7O2. The molecule has 1 aliphatic rings. The molecule has 0 bridgehead atoms. The Morgan fingerprint density at radius 2 is 2.06 bits per heavy atom. The summed E-state index contributed by atoms with van der Waals surface area (Å²) < 4.78 is 44.3. The van der Waals surface area contributed by atoms with Crippen LogP contribution in [0.25, 0.3) is 11.3 Å². The zero-order chi connectivity index (χ0) is 22.7. The fourth-order valence-electron chi connectivity index (χ4n) is 3.15. The molecule has 3 aromatic heterocycles. The molecule has 2 amide bonds. The van der Waals surface area contributed by atoms with Crippen molar-refractivity contribution in [2.75, 3.05) is 35.7 Å². The van der Waals surface area contributed by atoms with Crippen molar-refractivity contribution in [3.05, 3.63) is 48.5 Å². The molecule has 0 atom stereocenters. The summed E-state index contributed by atoms with van der Waals surface area (Å²) in [5.74, 6) is 0.806. The Balaban J connectivity index is 1.67. The van der Waals surface area contributed by atoms with Crippen molar-refractivity contribution in [1.82, 2.24) is 19.9 Å². The van der Waals surface area contributed by atoms with Gasteiger partial charge in [-0.2, -0.15) is 13.2 Å². The molecule has 0 fully saturated rings. The maximum Gasteiger partial charge on any atom is 0.417 e. The molecule has 9 nitrogen and oxygen atoms in total. The number of alkyl halides is 3. The molecule has 0 unspecified atom stereocenters. The van der Waals surface area contributed by atoms with E-state index in [1.54, 1.807) is 12.1 Å². The van der Waals surface area contributed by atoms with E-state index in [0.29, 0.717) is 25.2 Å². The van der Waals surface area contributed by atoms with Crippen LogP contribution < -0.4 is 20.3 Å². The average Bonchev–Trinajstić information content (AvgIpc) is 3.01. The summed E-state index contributed by atoms with van der Waals surface area (Å²) in [6, 6.07) is 5.20. The highest BCUT2D eigenvalue weighted by Crippen LogP contribution is 2.33.